The second-order valence-electron chi connectivity index (χ2n) is 4.64. The van der Waals surface area contributed by atoms with E-state index in [9.17, 15) is 9.18 Å². The Morgan fingerprint density at radius 2 is 2.24 bits per heavy atom. The van der Waals surface area contributed by atoms with E-state index in [2.05, 4.69) is 11.8 Å². The molecule has 0 aliphatic heterocycles. The van der Waals surface area contributed by atoms with E-state index in [1.165, 1.54) is 25.0 Å². The molecule has 1 aromatic rings. The van der Waals surface area contributed by atoms with Gasteiger partial charge in [-0.1, -0.05) is 19.1 Å². The number of rotatable bonds is 6. The Balaban J connectivity index is 1.99. The summed E-state index contributed by atoms with van der Waals surface area (Å²) in [6.07, 6.45) is 3.43. The van der Waals surface area contributed by atoms with Gasteiger partial charge in [-0.3, -0.25) is 9.69 Å². The quantitative estimate of drug-likeness (QED) is 0.707. The number of benzene rings is 1. The first-order valence-electron chi connectivity index (χ1n) is 6.23. The van der Waals surface area contributed by atoms with Gasteiger partial charge in [0.1, 0.15) is 5.82 Å². The molecule has 1 saturated carbocycles. The zero-order chi connectivity index (χ0) is 12.3. The van der Waals surface area contributed by atoms with Crippen molar-refractivity contribution in [1.29, 1.82) is 0 Å². The second-order valence-corrected chi connectivity index (χ2v) is 4.64. The Bertz CT molecular complexity index is 401. The molecule has 0 amide bonds. The summed E-state index contributed by atoms with van der Waals surface area (Å²) in [5, 5.41) is 0. The Labute approximate surface area is 101 Å². The standard InChI is InChI=1S/C14H18FNO/c1-2-8-16(13-6-7-13)10-14(17)11-4-3-5-12(15)9-11/h3-5,9,13H,2,6-8,10H2,1H3. The van der Waals surface area contributed by atoms with Crippen molar-refractivity contribution in [2.24, 2.45) is 0 Å². The number of ketones is 1. The number of carbonyl (C=O) groups excluding carboxylic acids is 1. The van der Waals surface area contributed by atoms with Gasteiger partial charge in [-0.15, -0.1) is 0 Å². The molecule has 0 N–H and O–H groups in total. The molecule has 3 heteroatoms. The van der Waals surface area contributed by atoms with Gasteiger partial charge in [0.05, 0.1) is 6.54 Å². The molecule has 0 heterocycles. The van der Waals surface area contributed by atoms with Crippen LogP contribution in [0.2, 0.25) is 0 Å². The number of halogens is 1. The Morgan fingerprint density at radius 1 is 1.47 bits per heavy atom. The van der Waals surface area contributed by atoms with Gasteiger partial charge in [0, 0.05) is 11.6 Å². The lowest BCUT2D eigenvalue weighted by molar-refractivity contribution is 0.0924. The van der Waals surface area contributed by atoms with E-state index in [1.807, 2.05) is 0 Å². The molecule has 0 aromatic heterocycles. The molecule has 0 atom stereocenters. The van der Waals surface area contributed by atoms with Gasteiger partial charge < -0.3 is 0 Å². The molecule has 2 rings (SSSR count). The summed E-state index contributed by atoms with van der Waals surface area (Å²) in [5.41, 5.74) is 0.478. The summed E-state index contributed by atoms with van der Waals surface area (Å²) in [6, 6.07) is 6.53. The van der Waals surface area contributed by atoms with E-state index < -0.39 is 0 Å². The third-order valence-corrected chi connectivity index (χ3v) is 3.07. The normalized spacial score (nSPS) is 15.2. The number of carbonyl (C=O) groups is 1. The molecule has 1 fully saturated rings. The molecule has 0 bridgehead atoms. The highest BCUT2D eigenvalue weighted by atomic mass is 19.1. The summed E-state index contributed by atoms with van der Waals surface area (Å²) < 4.78 is 13.0. The van der Waals surface area contributed by atoms with Crippen molar-refractivity contribution in [3.8, 4) is 0 Å². The molecule has 0 saturated heterocycles. The van der Waals surface area contributed by atoms with Crippen LogP contribution in [0.3, 0.4) is 0 Å². The van der Waals surface area contributed by atoms with Crippen LogP contribution in [0.25, 0.3) is 0 Å². The lowest BCUT2D eigenvalue weighted by atomic mass is 10.1. The van der Waals surface area contributed by atoms with Gasteiger partial charge in [-0.2, -0.15) is 0 Å². The number of Topliss-reactive ketones (excluding diaryl/α,β-unsaturated/α-hetero) is 1. The number of nitrogens with zero attached hydrogens (tertiary/aromatic N) is 1. The van der Waals surface area contributed by atoms with E-state index in [4.69, 9.17) is 0 Å². The molecule has 0 unspecified atom stereocenters. The second kappa shape index (κ2) is 5.41. The van der Waals surface area contributed by atoms with Crippen molar-refractivity contribution in [3.05, 3.63) is 35.6 Å². The SMILES string of the molecule is CCCN(CC(=O)c1cccc(F)c1)C1CC1. The Morgan fingerprint density at radius 3 is 2.82 bits per heavy atom. The van der Waals surface area contributed by atoms with Crippen LogP contribution in [-0.2, 0) is 0 Å². The zero-order valence-electron chi connectivity index (χ0n) is 10.2. The smallest absolute Gasteiger partial charge is 0.176 e. The van der Waals surface area contributed by atoms with Crippen LogP contribution in [0.1, 0.15) is 36.5 Å². The van der Waals surface area contributed by atoms with Crippen LogP contribution in [0, 0.1) is 5.82 Å². The van der Waals surface area contributed by atoms with Gasteiger partial charge in [0.2, 0.25) is 0 Å². The molecular formula is C14H18FNO. The molecule has 0 spiro atoms. The molecular weight excluding hydrogens is 217 g/mol. The van der Waals surface area contributed by atoms with Crippen LogP contribution in [-0.4, -0.2) is 29.8 Å². The van der Waals surface area contributed by atoms with E-state index in [-0.39, 0.29) is 11.6 Å². The van der Waals surface area contributed by atoms with E-state index in [1.54, 1.807) is 12.1 Å². The van der Waals surface area contributed by atoms with Gasteiger partial charge in [-0.25, -0.2) is 4.39 Å². The summed E-state index contributed by atoms with van der Waals surface area (Å²) in [6.45, 7) is 3.48. The maximum absolute atomic E-state index is 13.0. The van der Waals surface area contributed by atoms with Crippen molar-refractivity contribution >= 4 is 5.78 Å². The van der Waals surface area contributed by atoms with E-state index >= 15 is 0 Å². The summed E-state index contributed by atoms with van der Waals surface area (Å²) in [7, 11) is 0. The fourth-order valence-corrected chi connectivity index (χ4v) is 2.06. The van der Waals surface area contributed by atoms with Gasteiger partial charge in [-0.05, 0) is 37.9 Å². The first kappa shape index (κ1) is 12.2. The molecule has 17 heavy (non-hydrogen) atoms. The molecule has 2 nitrogen and oxygen atoms in total. The molecule has 0 radical (unpaired) electrons. The molecule has 1 aromatic carbocycles. The first-order valence-corrected chi connectivity index (χ1v) is 6.23. The first-order chi connectivity index (χ1) is 8.20. The average Bonchev–Trinajstić information content (AvgIpc) is 3.12. The lowest BCUT2D eigenvalue weighted by Gasteiger charge is -2.20. The predicted octanol–water partition coefficient (Wildman–Crippen LogP) is 2.88. The van der Waals surface area contributed by atoms with Crippen molar-refractivity contribution in [2.75, 3.05) is 13.1 Å². The lowest BCUT2D eigenvalue weighted by Crippen LogP contribution is -2.32. The molecule has 1 aliphatic rings. The summed E-state index contributed by atoms with van der Waals surface area (Å²) >= 11 is 0. The fraction of sp³-hybridized carbons (Fsp3) is 0.500. The third kappa shape index (κ3) is 3.37. The minimum atomic E-state index is -0.343. The monoisotopic (exact) mass is 235 g/mol. The van der Waals surface area contributed by atoms with Crippen molar-refractivity contribution in [1.82, 2.24) is 4.90 Å². The third-order valence-electron chi connectivity index (χ3n) is 3.07. The molecule has 92 valence electrons. The minimum Gasteiger partial charge on any atom is -0.293 e. The highest BCUT2D eigenvalue weighted by Crippen LogP contribution is 2.27. The summed E-state index contributed by atoms with van der Waals surface area (Å²) in [5.74, 6) is -0.325. The van der Waals surface area contributed by atoms with Crippen molar-refractivity contribution in [2.45, 2.75) is 32.2 Å². The Hall–Kier alpha value is -1.22. The summed E-state index contributed by atoms with van der Waals surface area (Å²) in [4.78, 5) is 14.2. The average molecular weight is 235 g/mol. The Kier molecular flexibility index (Phi) is 3.89. The number of hydrogen-bond donors (Lipinski definition) is 0. The predicted molar refractivity (Wildman–Crippen MR) is 65.6 cm³/mol. The highest BCUT2D eigenvalue weighted by molar-refractivity contribution is 5.97. The van der Waals surface area contributed by atoms with Gasteiger partial charge in [0.25, 0.3) is 0 Å². The van der Waals surface area contributed by atoms with Gasteiger partial charge >= 0.3 is 0 Å². The van der Waals surface area contributed by atoms with E-state index in [0.717, 1.165) is 13.0 Å². The zero-order valence-corrected chi connectivity index (χ0v) is 10.2. The van der Waals surface area contributed by atoms with Gasteiger partial charge in [0.15, 0.2) is 5.78 Å². The minimum absolute atomic E-state index is 0.0184. The van der Waals surface area contributed by atoms with E-state index in [0.29, 0.717) is 18.2 Å². The maximum atomic E-state index is 13.0. The van der Waals surface area contributed by atoms with Crippen LogP contribution < -0.4 is 0 Å². The largest absolute Gasteiger partial charge is 0.293 e. The number of hydrogen-bond acceptors (Lipinski definition) is 2. The maximum Gasteiger partial charge on any atom is 0.176 e. The van der Waals surface area contributed by atoms with Crippen LogP contribution in [0.5, 0.6) is 0 Å². The van der Waals surface area contributed by atoms with Crippen molar-refractivity contribution < 1.29 is 9.18 Å². The fourth-order valence-electron chi connectivity index (χ4n) is 2.06. The van der Waals surface area contributed by atoms with Crippen LogP contribution in [0.4, 0.5) is 4.39 Å². The highest BCUT2D eigenvalue weighted by Gasteiger charge is 2.29. The van der Waals surface area contributed by atoms with Crippen molar-refractivity contribution in [3.63, 3.8) is 0 Å². The van der Waals surface area contributed by atoms with Crippen LogP contribution >= 0.6 is 0 Å². The topological polar surface area (TPSA) is 20.3 Å². The van der Waals surface area contributed by atoms with Crippen LogP contribution in [0.15, 0.2) is 24.3 Å². The molecule has 1 aliphatic carbocycles.